The summed E-state index contributed by atoms with van der Waals surface area (Å²) in [6.45, 7) is 3.99. The van der Waals surface area contributed by atoms with Crippen molar-refractivity contribution in [1.82, 2.24) is 19.6 Å². The molecule has 31 heavy (non-hydrogen) atoms. The summed E-state index contributed by atoms with van der Waals surface area (Å²) in [5, 5.41) is 26.0. The summed E-state index contributed by atoms with van der Waals surface area (Å²) in [6, 6.07) is 6.54. The van der Waals surface area contributed by atoms with Crippen molar-refractivity contribution >= 4 is 28.8 Å². The van der Waals surface area contributed by atoms with Crippen molar-refractivity contribution in [3.63, 3.8) is 0 Å². The van der Waals surface area contributed by atoms with Gasteiger partial charge in [0, 0.05) is 17.9 Å². The number of aromatic nitrogens is 4. The molecule has 0 saturated heterocycles. The molecule has 0 aliphatic heterocycles. The molecule has 2 heterocycles. The summed E-state index contributed by atoms with van der Waals surface area (Å²) in [7, 11) is 0. The molecule has 1 amide bonds. The Bertz CT molecular complexity index is 1290. The predicted octanol–water partition coefficient (Wildman–Crippen LogP) is 2.40. The Morgan fingerprint density at radius 2 is 1.94 bits per heavy atom. The Morgan fingerprint density at radius 1 is 1.23 bits per heavy atom. The average molecular weight is 429 g/mol. The summed E-state index contributed by atoms with van der Waals surface area (Å²) in [6.07, 6.45) is 0.816. The molecule has 0 unspecified atom stereocenters. The third-order valence-electron chi connectivity index (χ3n) is 4.59. The van der Waals surface area contributed by atoms with Crippen LogP contribution >= 0.6 is 0 Å². The molecule has 0 saturated carbocycles. The fourth-order valence-electron chi connectivity index (χ4n) is 3.04. The lowest BCUT2D eigenvalue weighted by Gasteiger charge is -2.16. The number of carbonyl (C=O) groups excluding carboxylic acids is 1. The number of carbonyl (C=O) groups is 1. The zero-order chi connectivity index (χ0) is 22.9. The zero-order valence-electron chi connectivity index (χ0n) is 17.1. The molecule has 11 heteroatoms. The van der Waals surface area contributed by atoms with Crippen LogP contribution in [-0.4, -0.2) is 31.8 Å². The van der Waals surface area contributed by atoms with Gasteiger partial charge in [0.25, 0.3) is 11.5 Å². The number of fused-ring (bicyclic) bond motifs is 1. The first-order valence-corrected chi connectivity index (χ1v) is 9.39. The average Bonchev–Trinajstić information content (AvgIpc) is 2.70. The standard InChI is InChI=1S/C20H21F2N7O2/c1-11(2)18-14-8-12(20(3,21)22)4-5-13(14)19(31)28(27-18)9-17(30)25-16-7-6-15(24)29(10-23)26-16/h4-8,10-11,23-24H,9H2,1-3H3,(H,25,26,30). The monoisotopic (exact) mass is 429 g/mol. The van der Waals surface area contributed by atoms with E-state index in [0.717, 1.165) is 22.6 Å². The molecule has 162 valence electrons. The molecule has 1 aromatic carbocycles. The van der Waals surface area contributed by atoms with Crippen LogP contribution in [0, 0.1) is 10.8 Å². The first-order valence-electron chi connectivity index (χ1n) is 9.39. The minimum Gasteiger partial charge on any atom is -0.308 e. The van der Waals surface area contributed by atoms with Crippen molar-refractivity contribution < 1.29 is 13.6 Å². The highest BCUT2D eigenvalue weighted by Crippen LogP contribution is 2.31. The quantitative estimate of drug-likeness (QED) is 0.410. The molecule has 0 atom stereocenters. The molecular formula is C20H21F2N7O2. The molecule has 0 bridgehead atoms. The normalized spacial score (nSPS) is 11.7. The molecule has 0 aliphatic carbocycles. The molecule has 0 fully saturated rings. The van der Waals surface area contributed by atoms with E-state index < -0.39 is 23.9 Å². The molecule has 0 aliphatic rings. The van der Waals surface area contributed by atoms with Gasteiger partial charge in [0.15, 0.2) is 5.82 Å². The number of halogens is 2. The lowest BCUT2D eigenvalue weighted by atomic mass is 9.99. The van der Waals surface area contributed by atoms with Crippen molar-refractivity contribution in [2.45, 2.75) is 39.2 Å². The van der Waals surface area contributed by atoms with Crippen LogP contribution in [0.5, 0.6) is 0 Å². The number of rotatable bonds is 6. The van der Waals surface area contributed by atoms with Gasteiger partial charge in [-0.25, -0.2) is 18.1 Å². The van der Waals surface area contributed by atoms with Gasteiger partial charge in [-0.2, -0.15) is 5.10 Å². The van der Waals surface area contributed by atoms with Crippen LogP contribution in [0.2, 0.25) is 0 Å². The van der Waals surface area contributed by atoms with Gasteiger partial charge < -0.3 is 5.32 Å². The fourth-order valence-corrected chi connectivity index (χ4v) is 3.04. The van der Waals surface area contributed by atoms with E-state index in [2.05, 4.69) is 15.5 Å². The minimum atomic E-state index is -3.06. The van der Waals surface area contributed by atoms with E-state index in [1.54, 1.807) is 0 Å². The Hall–Kier alpha value is -3.76. The van der Waals surface area contributed by atoms with Crippen LogP contribution in [0.25, 0.3) is 10.8 Å². The van der Waals surface area contributed by atoms with Crippen molar-refractivity contribution in [3.8, 4) is 0 Å². The highest BCUT2D eigenvalue weighted by atomic mass is 19.3. The smallest absolute Gasteiger partial charge is 0.275 e. The number of alkyl halides is 2. The van der Waals surface area contributed by atoms with Gasteiger partial charge in [0.1, 0.15) is 18.4 Å². The first-order chi connectivity index (χ1) is 14.5. The van der Waals surface area contributed by atoms with Crippen molar-refractivity contribution in [2.24, 2.45) is 0 Å². The van der Waals surface area contributed by atoms with Crippen LogP contribution < -0.4 is 16.4 Å². The number of anilines is 1. The van der Waals surface area contributed by atoms with Crippen LogP contribution in [0.15, 0.2) is 35.1 Å². The third-order valence-corrected chi connectivity index (χ3v) is 4.59. The van der Waals surface area contributed by atoms with E-state index in [4.69, 9.17) is 10.8 Å². The lowest BCUT2D eigenvalue weighted by Crippen LogP contribution is -2.32. The largest absolute Gasteiger partial charge is 0.308 e. The minimum absolute atomic E-state index is 0.0426. The van der Waals surface area contributed by atoms with Gasteiger partial charge in [0.2, 0.25) is 5.91 Å². The van der Waals surface area contributed by atoms with Gasteiger partial charge in [-0.15, -0.1) is 5.10 Å². The summed E-state index contributed by atoms with van der Waals surface area (Å²) >= 11 is 0. The highest BCUT2D eigenvalue weighted by Gasteiger charge is 2.26. The van der Waals surface area contributed by atoms with E-state index >= 15 is 0 Å². The number of amides is 1. The topological polar surface area (TPSA) is 130 Å². The Kier molecular flexibility index (Phi) is 5.78. The van der Waals surface area contributed by atoms with E-state index in [-0.39, 0.29) is 28.2 Å². The third kappa shape index (κ3) is 4.55. The lowest BCUT2D eigenvalue weighted by molar-refractivity contribution is -0.117. The van der Waals surface area contributed by atoms with Gasteiger partial charge >= 0.3 is 0 Å². The molecular weight excluding hydrogens is 408 g/mol. The van der Waals surface area contributed by atoms with Gasteiger partial charge in [-0.1, -0.05) is 19.9 Å². The van der Waals surface area contributed by atoms with Crippen LogP contribution in [-0.2, 0) is 17.3 Å². The second-order valence-corrected chi connectivity index (χ2v) is 7.38. The summed E-state index contributed by atoms with van der Waals surface area (Å²) in [5.74, 6) is -3.75. The highest BCUT2D eigenvalue weighted by molar-refractivity contribution is 5.90. The van der Waals surface area contributed by atoms with Crippen molar-refractivity contribution in [1.29, 1.82) is 10.8 Å². The second kappa shape index (κ2) is 8.17. The molecule has 3 aromatic rings. The molecule has 9 nitrogen and oxygen atoms in total. The second-order valence-electron chi connectivity index (χ2n) is 7.38. The number of benzene rings is 1. The van der Waals surface area contributed by atoms with E-state index in [0.29, 0.717) is 11.1 Å². The van der Waals surface area contributed by atoms with E-state index in [1.807, 2.05) is 13.8 Å². The summed E-state index contributed by atoms with van der Waals surface area (Å²) < 4.78 is 29.5. The van der Waals surface area contributed by atoms with Crippen LogP contribution in [0.3, 0.4) is 0 Å². The molecule has 0 spiro atoms. The van der Waals surface area contributed by atoms with Crippen molar-refractivity contribution in [2.75, 3.05) is 5.32 Å². The fraction of sp³-hybridized carbons (Fsp3) is 0.300. The Morgan fingerprint density at radius 3 is 2.55 bits per heavy atom. The number of nitrogens with zero attached hydrogens (tertiary/aromatic N) is 4. The first kappa shape index (κ1) is 21.9. The van der Waals surface area contributed by atoms with Gasteiger partial charge in [0.05, 0.1) is 11.1 Å². The predicted molar refractivity (Wildman–Crippen MR) is 111 cm³/mol. The summed E-state index contributed by atoms with van der Waals surface area (Å²) in [4.78, 5) is 25.3. The van der Waals surface area contributed by atoms with E-state index in [9.17, 15) is 18.4 Å². The number of hydrogen-bond donors (Lipinski definition) is 3. The maximum atomic E-state index is 13.8. The Labute approximate surface area is 175 Å². The number of hydrogen-bond acceptors (Lipinski definition) is 6. The zero-order valence-corrected chi connectivity index (χ0v) is 17.1. The molecule has 3 N–H and O–H groups in total. The summed E-state index contributed by atoms with van der Waals surface area (Å²) in [5.41, 5.74) is -0.419. The maximum absolute atomic E-state index is 13.8. The van der Waals surface area contributed by atoms with Gasteiger partial charge in [-0.3, -0.25) is 20.4 Å². The van der Waals surface area contributed by atoms with Crippen LogP contribution in [0.4, 0.5) is 14.6 Å². The van der Waals surface area contributed by atoms with Crippen LogP contribution in [0.1, 0.15) is 37.9 Å². The maximum Gasteiger partial charge on any atom is 0.275 e. The van der Waals surface area contributed by atoms with Gasteiger partial charge in [-0.05, 0) is 30.2 Å². The number of nitrogens with one attached hydrogen (secondary N) is 3. The molecule has 3 rings (SSSR count). The van der Waals surface area contributed by atoms with Crippen molar-refractivity contribution in [3.05, 3.63) is 57.4 Å². The molecule has 2 aromatic heterocycles. The Balaban J connectivity index is 1.99. The SMILES string of the molecule is CC(C)c1nn(CC(=O)Nc2ccc(=N)n(C=N)n2)c(=O)c2ccc(C(C)(F)F)cc12. The van der Waals surface area contributed by atoms with E-state index in [1.165, 1.54) is 30.3 Å². The molecule has 0 radical (unpaired) electrons.